The van der Waals surface area contributed by atoms with E-state index >= 15 is 0 Å². The monoisotopic (exact) mass is 301 g/mol. The molecule has 0 amide bonds. The van der Waals surface area contributed by atoms with Crippen molar-refractivity contribution in [1.82, 2.24) is 4.98 Å². The quantitative estimate of drug-likeness (QED) is 0.867. The number of aromatic nitrogens is 1. The molecule has 0 bridgehead atoms. The number of hydrogen-bond acceptors (Lipinski definition) is 3. The third kappa shape index (κ3) is 1.80. The Bertz CT molecular complexity index is 422. The van der Waals surface area contributed by atoms with Gasteiger partial charge in [0.05, 0.1) is 6.61 Å². The van der Waals surface area contributed by atoms with Gasteiger partial charge in [0.1, 0.15) is 5.69 Å². The van der Waals surface area contributed by atoms with Gasteiger partial charge < -0.3 is 9.52 Å². The van der Waals surface area contributed by atoms with Crippen molar-refractivity contribution in [2.75, 3.05) is 0 Å². The summed E-state index contributed by atoms with van der Waals surface area (Å²) in [5.41, 5.74) is 1.51. The molecule has 0 unspecified atom stereocenters. The molecule has 0 saturated heterocycles. The predicted molar refractivity (Wildman–Crippen MR) is 60.6 cm³/mol. The van der Waals surface area contributed by atoms with Crippen molar-refractivity contribution in [3.8, 4) is 11.3 Å². The second-order valence-electron chi connectivity index (χ2n) is 2.79. The molecule has 1 N–H and O–H groups in total. The number of oxazole rings is 1. The van der Waals surface area contributed by atoms with Gasteiger partial charge in [-0.2, -0.15) is 0 Å². The molecule has 1 heterocycles. The molecule has 0 saturated carbocycles. The highest BCUT2D eigenvalue weighted by molar-refractivity contribution is 14.1. The van der Waals surface area contributed by atoms with Crippen LogP contribution in [0.3, 0.4) is 0 Å². The van der Waals surface area contributed by atoms with Crippen molar-refractivity contribution >= 4 is 22.6 Å². The number of rotatable bonds is 2. The Kier molecular flexibility index (Phi) is 2.83. The molecule has 0 atom stereocenters. The third-order valence-corrected chi connectivity index (χ3v) is 2.62. The average molecular weight is 301 g/mol. The lowest BCUT2D eigenvalue weighted by Gasteiger charge is -1.98. The fourth-order valence-electron chi connectivity index (χ4n) is 1.22. The minimum atomic E-state index is -0.0994. The molecule has 2 aromatic rings. The molecule has 1 aromatic heterocycles. The van der Waals surface area contributed by atoms with Crippen LogP contribution in [0.4, 0.5) is 0 Å². The summed E-state index contributed by atoms with van der Waals surface area (Å²) in [5.74, 6) is 0.643. The molecule has 0 radical (unpaired) electrons. The van der Waals surface area contributed by atoms with Gasteiger partial charge in [-0.3, -0.25) is 0 Å². The van der Waals surface area contributed by atoms with Gasteiger partial charge >= 0.3 is 0 Å². The lowest BCUT2D eigenvalue weighted by Crippen LogP contribution is -1.86. The first-order valence-electron chi connectivity index (χ1n) is 4.10. The molecule has 1 aromatic carbocycles. The molecule has 0 aliphatic heterocycles. The van der Waals surface area contributed by atoms with Gasteiger partial charge in [0, 0.05) is 9.13 Å². The lowest BCUT2D eigenvalue weighted by molar-refractivity contribution is 0.277. The van der Waals surface area contributed by atoms with Gasteiger partial charge in [-0.15, -0.1) is 0 Å². The SMILES string of the molecule is OCc1ncoc1-c1ccc(I)cc1. The van der Waals surface area contributed by atoms with Crippen molar-refractivity contribution in [2.24, 2.45) is 0 Å². The van der Waals surface area contributed by atoms with Crippen molar-refractivity contribution in [3.63, 3.8) is 0 Å². The van der Waals surface area contributed by atoms with Gasteiger partial charge in [0.15, 0.2) is 12.2 Å². The minimum absolute atomic E-state index is 0.0994. The van der Waals surface area contributed by atoms with Crippen molar-refractivity contribution < 1.29 is 9.52 Å². The Morgan fingerprint density at radius 1 is 1.29 bits per heavy atom. The van der Waals surface area contributed by atoms with E-state index in [9.17, 15) is 0 Å². The summed E-state index contributed by atoms with van der Waals surface area (Å²) in [6, 6.07) is 7.86. The van der Waals surface area contributed by atoms with Crippen LogP contribution in [0.25, 0.3) is 11.3 Å². The standard InChI is InChI=1S/C10H8INO2/c11-8-3-1-7(2-4-8)10-9(5-13)12-6-14-10/h1-4,6,13H,5H2. The number of halogens is 1. The van der Waals surface area contributed by atoms with Gasteiger partial charge in [-0.25, -0.2) is 4.98 Å². The Balaban J connectivity index is 2.44. The van der Waals surface area contributed by atoms with Crippen molar-refractivity contribution in [3.05, 3.63) is 39.9 Å². The summed E-state index contributed by atoms with van der Waals surface area (Å²) < 4.78 is 6.37. The summed E-state index contributed by atoms with van der Waals surface area (Å²) in [6.45, 7) is -0.0994. The maximum atomic E-state index is 9.00. The van der Waals surface area contributed by atoms with E-state index < -0.39 is 0 Å². The molecular weight excluding hydrogens is 293 g/mol. The van der Waals surface area contributed by atoms with Crippen LogP contribution in [0.1, 0.15) is 5.69 Å². The van der Waals surface area contributed by atoms with Gasteiger partial charge in [0.2, 0.25) is 0 Å². The van der Waals surface area contributed by atoms with Crippen LogP contribution in [-0.2, 0) is 6.61 Å². The Morgan fingerprint density at radius 3 is 2.64 bits per heavy atom. The predicted octanol–water partition coefficient (Wildman–Crippen LogP) is 2.44. The van der Waals surface area contributed by atoms with Crippen LogP contribution < -0.4 is 0 Å². The van der Waals surface area contributed by atoms with E-state index in [1.807, 2.05) is 24.3 Å². The molecule has 0 aliphatic carbocycles. The minimum Gasteiger partial charge on any atom is -0.443 e. The fraction of sp³-hybridized carbons (Fsp3) is 0.100. The number of aliphatic hydroxyl groups is 1. The average Bonchev–Trinajstić information content (AvgIpc) is 2.67. The van der Waals surface area contributed by atoms with Gasteiger partial charge in [-0.05, 0) is 34.7 Å². The van der Waals surface area contributed by atoms with Gasteiger partial charge in [-0.1, -0.05) is 12.1 Å². The Hall–Kier alpha value is -0.880. The van der Waals surface area contributed by atoms with E-state index in [4.69, 9.17) is 9.52 Å². The smallest absolute Gasteiger partial charge is 0.181 e. The molecule has 72 valence electrons. The lowest BCUT2D eigenvalue weighted by atomic mass is 10.1. The third-order valence-electron chi connectivity index (χ3n) is 1.90. The maximum absolute atomic E-state index is 9.00. The second-order valence-corrected chi connectivity index (χ2v) is 4.04. The summed E-state index contributed by atoms with van der Waals surface area (Å²) in [4.78, 5) is 3.91. The van der Waals surface area contributed by atoms with E-state index in [-0.39, 0.29) is 6.61 Å². The zero-order valence-electron chi connectivity index (χ0n) is 7.27. The molecule has 3 nitrogen and oxygen atoms in total. The number of aliphatic hydroxyl groups excluding tert-OH is 1. The largest absolute Gasteiger partial charge is 0.443 e. The Labute approximate surface area is 94.9 Å². The summed E-state index contributed by atoms with van der Waals surface area (Å²) in [7, 11) is 0. The highest BCUT2D eigenvalue weighted by Gasteiger charge is 2.08. The molecule has 0 spiro atoms. The van der Waals surface area contributed by atoms with Crippen LogP contribution in [0.5, 0.6) is 0 Å². The number of benzene rings is 1. The first-order chi connectivity index (χ1) is 6.81. The summed E-state index contributed by atoms with van der Waals surface area (Å²) in [6.07, 6.45) is 1.35. The van der Waals surface area contributed by atoms with Crippen LogP contribution >= 0.6 is 22.6 Å². The number of nitrogens with zero attached hydrogens (tertiary/aromatic N) is 1. The first-order valence-corrected chi connectivity index (χ1v) is 5.18. The van der Waals surface area contributed by atoms with E-state index in [0.717, 1.165) is 9.13 Å². The molecule has 2 rings (SSSR count). The zero-order valence-corrected chi connectivity index (χ0v) is 9.43. The normalized spacial score (nSPS) is 10.4. The summed E-state index contributed by atoms with van der Waals surface area (Å²) >= 11 is 2.24. The highest BCUT2D eigenvalue weighted by Crippen LogP contribution is 2.23. The Morgan fingerprint density at radius 2 is 2.00 bits per heavy atom. The molecule has 0 fully saturated rings. The molecule has 14 heavy (non-hydrogen) atoms. The van der Waals surface area contributed by atoms with Crippen molar-refractivity contribution in [1.29, 1.82) is 0 Å². The van der Waals surface area contributed by atoms with Crippen LogP contribution in [0.2, 0.25) is 0 Å². The van der Waals surface area contributed by atoms with Crippen LogP contribution in [0.15, 0.2) is 35.1 Å². The van der Waals surface area contributed by atoms with E-state index in [0.29, 0.717) is 11.5 Å². The highest BCUT2D eigenvalue weighted by atomic mass is 127. The molecule has 4 heteroatoms. The van der Waals surface area contributed by atoms with Gasteiger partial charge in [0.25, 0.3) is 0 Å². The zero-order chi connectivity index (χ0) is 9.97. The topological polar surface area (TPSA) is 46.3 Å². The molecular formula is C10H8INO2. The van der Waals surface area contributed by atoms with Crippen LogP contribution in [0, 0.1) is 3.57 Å². The van der Waals surface area contributed by atoms with E-state index in [1.54, 1.807) is 0 Å². The van der Waals surface area contributed by atoms with Crippen LogP contribution in [-0.4, -0.2) is 10.1 Å². The maximum Gasteiger partial charge on any atom is 0.181 e. The van der Waals surface area contributed by atoms with E-state index in [2.05, 4.69) is 27.6 Å². The fourth-order valence-corrected chi connectivity index (χ4v) is 1.58. The van der Waals surface area contributed by atoms with E-state index in [1.165, 1.54) is 6.39 Å². The number of hydrogen-bond donors (Lipinski definition) is 1. The second kappa shape index (κ2) is 4.10. The van der Waals surface area contributed by atoms with Crippen molar-refractivity contribution in [2.45, 2.75) is 6.61 Å². The molecule has 0 aliphatic rings. The summed E-state index contributed by atoms with van der Waals surface area (Å²) in [5, 5.41) is 9.00. The first kappa shape index (κ1) is 9.67.